The normalized spacial score (nSPS) is 12.4. The molecule has 0 saturated heterocycles. The molecule has 0 fully saturated rings. The van der Waals surface area contributed by atoms with E-state index in [1.807, 2.05) is 0 Å². The Morgan fingerprint density at radius 1 is 1.10 bits per heavy atom. The van der Waals surface area contributed by atoms with E-state index in [-0.39, 0.29) is 18.6 Å². The van der Waals surface area contributed by atoms with Gasteiger partial charge in [-0.1, -0.05) is 18.7 Å². The van der Waals surface area contributed by atoms with Crippen LogP contribution < -0.4 is 19.6 Å². The van der Waals surface area contributed by atoms with Crippen molar-refractivity contribution in [3.8, 4) is 28.4 Å². The fourth-order valence-electron chi connectivity index (χ4n) is 2.94. The van der Waals surface area contributed by atoms with Crippen LogP contribution in [0.4, 0.5) is 0 Å². The van der Waals surface area contributed by atoms with Crippen LogP contribution in [-0.2, 0) is 9.53 Å². The molecule has 3 aromatic rings. The van der Waals surface area contributed by atoms with Gasteiger partial charge in [-0.15, -0.1) is 0 Å². The van der Waals surface area contributed by atoms with Crippen molar-refractivity contribution >= 4 is 16.9 Å². The van der Waals surface area contributed by atoms with E-state index in [9.17, 15) is 9.59 Å². The predicted molar refractivity (Wildman–Crippen MR) is 106 cm³/mol. The fourth-order valence-corrected chi connectivity index (χ4v) is 2.94. The third-order valence-electron chi connectivity index (χ3n) is 4.32. The molecule has 0 saturated carbocycles. The van der Waals surface area contributed by atoms with Crippen LogP contribution in [0, 0.1) is 0 Å². The van der Waals surface area contributed by atoms with Gasteiger partial charge in [-0.25, -0.2) is 4.79 Å². The van der Waals surface area contributed by atoms with E-state index in [1.165, 1.54) is 12.3 Å². The molecular formula is C22H18O7. The lowest BCUT2D eigenvalue weighted by Gasteiger charge is -2.18. The van der Waals surface area contributed by atoms with Gasteiger partial charge in [0.1, 0.15) is 37.4 Å². The van der Waals surface area contributed by atoms with Gasteiger partial charge in [0.2, 0.25) is 0 Å². The van der Waals surface area contributed by atoms with Gasteiger partial charge in [0, 0.05) is 6.07 Å². The summed E-state index contributed by atoms with van der Waals surface area (Å²) in [6, 6.07) is 10.1. The maximum absolute atomic E-state index is 12.9. The highest BCUT2D eigenvalue weighted by atomic mass is 16.6. The Labute approximate surface area is 166 Å². The van der Waals surface area contributed by atoms with Crippen molar-refractivity contribution in [3.63, 3.8) is 0 Å². The molecule has 0 spiro atoms. The number of hydrogen-bond acceptors (Lipinski definition) is 7. The van der Waals surface area contributed by atoms with Crippen LogP contribution in [0.15, 0.2) is 64.5 Å². The molecule has 1 aromatic heterocycles. The number of rotatable bonds is 6. The lowest BCUT2D eigenvalue weighted by atomic mass is 10.0. The summed E-state index contributed by atoms with van der Waals surface area (Å²) in [7, 11) is 0. The van der Waals surface area contributed by atoms with Crippen LogP contribution in [0.2, 0.25) is 0 Å². The zero-order chi connectivity index (χ0) is 20.2. The first-order valence-corrected chi connectivity index (χ1v) is 9.00. The van der Waals surface area contributed by atoms with E-state index in [0.29, 0.717) is 52.6 Å². The Hall–Kier alpha value is -3.74. The van der Waals surface area contributed by atoms with Gasteiger partial charge >= 0.3 is 5.97 Å². The Balaban J connectivity index is 1.59. The third-order valence-corrected chi connectivity index (χ3v) is 4.32. The molecule has 0 atom stereocenters. The van der Waals surface area contributed by atoms with Crippen molar-refractivity contribution < 1.29 is 28.2 Å². The molecule has 4 rings (SSSR count). The highest BCUT2D eigenvalue weighted by Crippen LogP contribution is 2.34. The Bertz CT molecular complexity index is 1130. The molecule has 148 valence electrons. The first kappa shape index (κ1) is 18.6. The summed E-state index contributed by atoms with van der Waals surface area (Å²) in [6.45, 7) is 4.31. The molecule has 0 amide bonds. The molecule has 0 N–H and O–H groups in total. The molecule has 7 heteroatoms. The zero-order valence-electron chi connectivity index (χ0n) is 15.5. The quantitative estimate of drug-likeness (QED) is 0.468. The minimum Gasteiger partial charge on any atom is -0.486 e. The van der Waals surface area contributed by atoms with Gasteiger partial charge in [0.05, 0.1) is 10.9 Å². The molecule has 29 heavy (non-hydrogen) atoms. The van der Waals surface area contributed by atoms with Crippen LogP contribution in [0.25, 0.3) is 22.1 Å². The minimum absolute atomic E-state index is 0.122. The maximum Gasteiger partial charge on any atom is 0.344 e. The monoisotopic (exact) mass is 394 g/mol. The van der Waals surface area contributed by atoms with E-state index < -0.39 is 5.97 Å². The Morgan fingerprint density at radius 2 is 1.93 bits per heavy atom. The van der Waals surface area contributed by atoms with Crippen molar-refractivity contribution in [3.05, 3.63) is 65.5 Å². The first-order chi connectivity index (χ1) is 14.2. The number of carbonyl (C=O) groups is 1. The van der Waals surface area contributed by atoms with Gasteiger partial charge < -0.3 is 23.4 Å². The standard InChI is InChI=1S/C22H18O7/c1-2-7-27-21(23)13-28-15-4-5-16-19(11-15)29-12-17(22(16)24)14-3-6-18-20(10-14)26-9-8-25-18/h2-6,10-12H,1,7-9,13H2. The van der Waals surface area contributed by atoms with Crippen molar-refractivity contribution in [1.82, 2.24) is 0 Å². The van der Waals surface area contributed by atoms with Gasteiger partial charge in [0.15, 0.2) is 23.5 Å². The molecule has 1 aliphatic heterocycles. The van der Waals surface area contributed by atoms with Crippen LogP contribution in [0.1, 0.15) is 0 Å². The first-order valence-electron chi connectivity index (χ1n) is 9.00. The molecule has 0 radical (unpaired) electrons. The van der Waals surface area contributed by atoms with Crippen molar-refractivity contribution in [2.45, 2.75) is 0 Å². The molecule has 0 bridgehead atoms. The van der Waals surface area contributed by atoms with Gasteiger partial charge in [-0.05, 0) is 29.8 Å². The third kappa shape index (κ3) is 3.94. The van der Waals surface area contributed by atoms with Gasteiger partial charge in [-0.2, -0.15) is 0 Å². The van der Waals surface area contributed by atoms with E-state index in [2.05, 4.69) is 6.58 Å². The van der Waals surface area contributed by atoms with Crippen molar-refractivity contribution in [2.75, 3.05) is 26.4 Å². The second kappa shape index (κ2) is 8.10. The predicted octanol–water partition coefficient (Wildman–Crippen LogP) is 3.34. The van der Waals surface area contributed by atoms with Crippen LogP contribution in [0.3, 0.4) is 0 Å². The molecule has 0 aliphatic carbocycles. The fraction of sp³-hybridized carbons (Fsp3) is 0.182. The maximum atomic E-state index is 12.9. The summed E-state index contributed by atoms with van der Waals surface area (Å²) in [5.74, 6) is 1.13. The number of ether oxygens (including phenoxy) is 4. The summed E-state index contributed by atoms with van der Waals surface area (Å²) in [6.07, 6.45) is 2.88. The summed E-state index contributed by atoms with van der Waals surface area (Å²) in [5, 5.41) is 0.402. The lowest BCUT2D eigenvalue weighted by Crippen LogP contribution is -2.15. The van der Waals surface area contributed by atoms with Crippen molar-refractivity contribution in [1.29, 1.82) is 0 Å². The lowest BCUT2D eigenvalue weighted by molar-refractivity contribution is -0.144. The van der Waals surface area contributed by atoms with Gasteiger partial charge in [0.25, 0.3) is 0 Å². The number of carbonyl (C=O) groups excluding carboxylic acids is 1. The summed E-state index contributed by atoms with van der Waals surface area (Å²) < 4.78 is 27.0. The topological polar surface area (TPSA) is 84.2 Å². The van der Waals surface area contributed by atoms with Crippen LogP contribution in [-0.4, -0.2) is 32.4 Å². The Kier molecular flexibility index (Phi) is 5.20. The largest absolute Gasteiger partial charge is 0.486 e. The minimum atomic E-state index is -0.514. The second-order valence-electron chi connectivity index (χ2n) is 6.26. The van der Waals surface area contributed by atoms with E-state index >= 15 is 0 Å². The molecule has 1 aliphatic rings. The van der Waals surface area contributed by atoms with E-state index in [0.717, 1.165) is 0 Å². The molecule has 2 aromatic carbocycles. The molecule has 0 unspecified atom stereocenters. The molecule has 2 heterocycles. The van der Waals surface area contributed by atoms with Crippen LogP contribution in [0.5, 0.6) is 17.2 Å². The summed E-state index contributed by atoms with van der Waals surface area (Å²) >= 11 is 0. The smallest absolute Gasteiger partial charge is 0.344 e. The highest BCUT2D eigenvalue weighted by Gasteiger charge is 2.16. The zero-order valence-corrected chi connectivity index (χ0v) is 15.5. The molecule has 7 nitrogen and oxygen atoms in total. The SMILES string of the molecule is C=CCOC(=O)COc1ccc2c(=O)c(-c3ccc4c(c3)OCCO4)coc2c1. The number of fused-ring (bicyclic) bond motifs is 2. The summed E-state index contributed by atoms with van der Waals surface area (Å²) in [4.78, 5) is 24.4. The summed E-state index contributed by atoms with van der Waals surface area (Å²) in [5.41, 5.74) is 1.26. The Morgan fingerprint density at radius 3 is 2.76 bits per heavy atom. The number of esters is 1. The average Bonchev–Trinajstić information content (AvgIpc) is 2.76. The number of hydrogen-bond donors (Lipinski definition) is 0. The number of benzene rings is 2. The second-order valence-corrected chi connectivity index (χ2v) is 6.26. The van der Waals surface area contributed by atoms with Crippen molar-refractivity contribution in [2.24, 2.45) is 0 Å². The van der Waals surface area contributed by atoms with Gasteiger partial charge in [-0.3, -0.25) is 4.79 Å². The average molecular weight is 394 g/mol. The van der Waals surface area contributed by atoms with Crippen LogP contribution >= 0.6 is 0 Å². The highest BCUT2D eigenvalue weighted by molar-refractivity contribution is 5.83. The molecular weight excluding hydrogens is 376 g/mol. The van der Waals surface area contributed by atoms with E-state index in [4.69, 9.17) is 23.4 Å². The van der Waals surface area contributed by atoms with E-state index in [1.54, 1.807) is 36.4 Å².